The second-order valence-electron chi connectivity index (χ2n) is 9.43. The molecule has 6 heteroatoms. The molecule has 0 amide bonds. The lowest BCUT2D eigenvalue weighted by Gasteiger charge is -2.31. The van der Waals surface area contributed by atoms with Crippen molar-refractivity contribution in [1.82, 2.24) is 4.72 Å². The highest BCUT2D eigenvalue weighted by atomic mass is 32.2. The fourth-order valence-electron chi connectivity index (χ4n) is 4.09. The van der Waals surface area contributed by atoms with Crippen molar-refractivity contribution in [3.05, 3.63) is 24.3 Å². The predicted molar refractivity (Wildman–Crippen MR) is 119 cm³/mol. The number of piperidine rings is 1. The highest BCUT2D eigenvalue weighted by molar-refractivity contribution is 7.90. The van der Waals surface area contributed by atoms with Crippen molar-refractivity contribution < 1.29 is 8.42 Å². The summed E-state index contributed by atoms with van der Waals surface area (Å²) < 4.78 is 26.8. The van der Waals surface area contributed by atoms with Crippen molar-refractivity contribution >= 4 is 21.4 Å². The van der Waals surface area contributed by atoms with Gasteiger partial charge in [-0.3, -0.25) is 0 Å². The fraction of sp³-hybridized carbons (Fsp3) is 0.727. The highest BCUT2D eigenvalue weighted by Crippen LogP contribution is 2.27. The lowest BCUT2D eigenvalue weighted by Crippen LogP contribution is -2.46. The zero-order valence-electron chi connectivity index (χ0n) is 17.7. The molecule has 1 aromatic rings. The van der Waals surface area contributed by atoms with Crippen LogP contribution in [-0.2, 0) is 10.0 Å². The summed E-state index contributed by atoms with van der Waals surface area (Å²) in [5, 5.41) is 3.57. The van der Waals surface area contributed by atoms with Gasteiger partial charge in [0.25, 0.3) is 0 Å². The van der Waals surface area contributed by atoms with E-state index in [0.29, 0.717) is 5.92 Å². The Morgan fingerprint density at radius 1 is 0.964 bits per heavy atom. The zero-order chi connectivity index (χ0) is 20.2. The summed E-state index contributed by atoms with van der Waals surface area (Å²) in [7, 11) is -3.25. The number of rotatable bonds is 6. The Morgan fingerprint density at radius 2 is 1.57 bits per heavy atom. The SMILES string of the molecule is CC(C)(C)S(=O)(=O)N[C@H]1CC[C@H](CNc2ccc(N3CCCCC3)cc2)CC1. The summed E-state index contributed by atoms with van der Waals surface area (Å²) in [5.74, 6) is 0.608. The minimum atomic E-state index is -3.25. The van der Waals surface area contributed by atoms with Crippen LogP contribution >= 0.6 is 0 Å². The van der Waals surface area contributed by atoms with Gasteiger partial charge in [-0.1, -0.05) is 0 Å². The molecule has 1 aliphatic carbocycles. The summed E-state index contributed by atoms with van der Waals surface area (Å²) >= 11 is 0. The van der Waals surface area contributed by atoms with Crippen LogP contribution in [0.3, 0.4) is 0 Å². The molecular weight excluding hydrogens is 370 g/mol. The number of nitrogens with one attached hydrogen (secondary N) is 2. The molecule has 1 aliphatic heterocycles. The van der Waals surface area contributed by atoms with Crippen LogP contribution < -0.4 is 14.9 Å². The number of benzene rings is 1. The Bertz CT molecular complexity index is 711. The molecule has 0 aromatic heterocycles. The summed E-state index contributed by atoms with van der Waals surface area (Å²) in [4.78, 5) is 2.48. The van der Waals surface area contributed by atoms with E-state index in [1.54, 1.807) is 20.8 Å². The van der Waals surface area contributed by atoms with Crippen molar-refractivity contribution in [2.45, 2.75) is 76.5 Å². The molecule has 158 valence electrons. The van der Waals surface area contributed by atoms with Gasteiger partial charge in [-0.05, 0) is 95.9 Å². The number of hydrogen-bond donors (Lipinski definition) is 2. The number of sulfonamides is 1. The Balaban J connectivity index is 1.42. The monoisotopic (exact) mass is 407 g/mol. The van der Waals surface area contributed by atoms with Gasteiger partial charge in [-0.25, -0.2) is 13.1 Å². The summed E-state index contributed by atoms with van der Waals surface area (Å²) in [6.45, 7) is 8.57. The molecule has 1 heterocycles. The lowest BCUT2D eigenvalue weighted by molar-refractivity contribution is 0.322. The van der Waals surface area contributed by atoms with Gasteiger partial charge in [0.1, 0.15) is 0 Å². The van der Waals surface area contributed by atoms with Crippen molar-refractivity contribution in [3.63, 3.8) is 0 Å². The first kappa shape index (κ1) is 21.4. The first-order valence-electron chi connectivity index (χ1n) is 10.9. The zero-order valence-corrected chi connectivity index (χ0v) is 18.5. The van der Waals surface area contributed by atoms with Gasteiger partial charge in [0.05, 0.1) is 4.75 Å². The summed E-state index contributed by atoms with van der Waals surface area (Å²) in [6.07, 6.45) is 7.94. The van der Waals surface area contributed by atoms with Crippen LogP contribution in [0.2, 0.25) is 0 Å². The minimum absolute atomic E-state index is 0.0873. The van der Waals surface area contributed by atoms with Gasteiger partial charge >= 0.3 is 0 Å². The molecule has 1 aromatic carbocycles. The van der Waals surface area contributed by atoms with E-state index in [0.717, 1.165) is 32.2 Å². The number of nitrogens with zero attached hydrogens (tertiary/aromatic N) is 1. The molecule has 2 fully saturated rings. The molecule has 2 aliphatic rings. The van der Waals surface area contributed by atoms with E-state index in [2.05, 4.69) is 39.2 Å². The fourth-order valence-corrected chi connectivity index (χ4v) is 5.11. The third kappa shape index (κ3) is 5.63. The molecule has 2 N–H and O–H groups in total. The van der Waals surface area contributed by atoms with Crippen molar-refractivity contribution in [2.75, 3.05) is 29.9 Å². The van der Waals surface area contributed by atoms with E-state index in [1.165, 1.54) is 43.7 Å². The third-order valence-electron chi connectivity index (χ3n) is 6.16. The van der Waals surface area contributed by atoms with E-state index < -0.39 is 14.8 Å². The molecule has 0 atom stereocenters. The second kappa shape index (κ2) is 9.04. The first-order valence-corrected chi connectivity index (χ1v) is 12.3. The average molecular weight is 408 g/mol. The quantitative estimate of drug-likeness (QED) is 0.735. The van der Waals surface area contributed by atoms with Crippen molar-refractivity contribution in [1.29, 1.82) is 0 Å². The molecule has 0 bridgehead atoms. The maximum atomic E-state index is 12.3. The number of anilines is 2. The molecule has 1 saturated carbocycles. The Kier molecular flexibility index (Phi) is 6.92. The molecule has 5 nitrogen and oxygen atoms in total. The van der Waals surface area contributed by atoms with Gasteiger partial charge in [0.2, 0.25) is 10.0 Å². The normalized spacial score (nSPS) is 24.2. The maximum Gasteiger partial charge on any atom is 0.216 e. The van der Waals surface area contributed by atoms with Gasteiger partial charge < -0.3 is 10.2 Å². The summed E-state index contributed by atoms with van der Waals surface area (Å²) in [5.41, 5.74) is 2.51. The largest absolute Gasteiger partial charge is 0.385 e. The van der Waals surface area contributed by atoms with E-state index in [1.807, 2.05) is 0 Å². The molecule has 0 radical (unpaired) electrons. The minimum Gasteiger partial charge on any atom is -0.385 e. The summed E-state index contributed by atoms with van der Waals surface area (Å²) in [6, 6.07) is 8.92. The average Bonchev–Trinajstić information content (AvgIpc) is 2.67. The Labute approximate surface area is 171 Å². The van der Waals surface area contributed by atoms with E-state index >= 15 is 0 Å². The van der Waals surface area contributed by atoms with Crippen LogP contribution in [0.15, 0.2) is 24.3 Å². The van der Waals surface area contributed by atoms with Gasteiger partial charge in [-0.15, -0.1) is 0 Å². The standard InChI is InChI=1S/C22H37N3O2S/c1-22(2,3)28(26,27)24-20-9-7-18(8-10-20)17-23-19-11-13-21(14-12-19)25-15-5-4-6-16-25/h11-14,18,20,23-24H,4-10,15-17H2,1-3H3/t18-,20-. The van der Waals surface area contributed by atoms with Crippen LogP contribution in [-0.4, -0.2) is 38.8 Å². The number of hydrogen-bond acceptors (Lipinski definition) is 4. The van der Waals surface area contributed by atoms with Gasteiger partial charge in [0.15, 0.2) is 0 Å². The molecule has 0 unspecified atom stereocenters. The second-order valence-corrected chi connectivity index (χ2v) is 11.9. The van der Waals surface area contributed by atoms with Crippen LogP contribution in [0.4, 0.5) is 11.4 Å². The van der Waals surface area contributed by atoms with E-state index in [-0.39, 0.29) is 6.04 Å². The van der Waals surface area contributed by atoms with Crippen LogP contribution in [0, 0.1) is 5.92 Å². The predicted octanol–water partition coefficient (Wildman–Crippen LogP) is 4.37. The Hall–Kier alpha value is -1.27. The van der Waals surface area contributed by atoms with Crippen LogP contribution in [0.1, 0.15) is 65.7 Å². The topological polar surface area (TPSA) is 61.4 Å². The molecule has 1 saturated heterocycles. The van der Waals surface area contributed by atoms with E-state index in [4.69, 9.17) is 0 Å². The van der Waals surface area contributed by atoms with Crippen molar-refractivity contribution in [2.24, 2.45) is 5.92 Å². The van der Waals surface area contributed by atoms with E-state index in [9.17, 15) is 8.42 Å². The highest BCUT2D eigenvalue weighted by Gasteiger charge is 2.32. The molecule has 28 heavy (non-hydrogen) atoms. The maximum absolute atomic E-state index is 12.3. The smallest absolute Gasteiger partial charge is 0.216 e. The van der Waals surface area contributed by atoms with Crippen molar-refractivity contribution in [3.8, 4) is 0 Å². The third-order valence-corrected chi connectivity index (χ3v) is 8.41. The molecular formula is C22H37N3O2S. The molecule has 0 spiro atoms. The van der Waals surface area contributed by atoms with Crippen LogP contribution in [0.5, 0.6) is 0 Å². The Morgan fingerprint density at radius 3 is 2.14 bits per heavy atom. The lowest BCUT2D eigenvalue weighted by atomic mass is 9.86. The molecule has 3 rings (SSSR count). The first-order chi connectivity index (χ1) is 13.2. The van der Waals surface area contributed by atoms with Gasteiger partial charge in [0, 0.05) is 37.1 Å². The van der Waals surface area contributed by atoms with Gasteiger partial charge in [-0.2, -0.15) is 0 Å². The van der Waals surface area contributed by atoms with Crippen LogP contribution in [0.25, 0.3) is 0 Å².